The molecule has 0 saturated carbocycles. The number of fused-ring (bicyclic) bond motifs is 1. The van der Waals surface area contributed by atoms with E-state index in [0.29, 0.717) is 71.6 Å². The van der Waals surface area contributed by atoms with Crippen molar-refractivity contribution in [2.24, 2.45) is 0 Å². The minimum absolute atomic E-state index is 0.00380. The molecule has 58 heavy (non-hydrogen) atoms. The second-order valence-corrected chi connectivity index (χ2v) is 22.8. The molecule has 312 valence electrons. The third-order valence-electron chi connectivity index (χ3n) is 11.8. The molecule has 0 amide bonds. The van der Waals surface area contributed by atoms with Gasteiger partial charge in [0.1, 0.15) is 24.0 Å². The van der Waals surface area contributed by atoms with Crippen molar-refractivity contribution in [3.63, 3.8) is 0 Å². The summed E-state index contributed by atoms with van der Waals surface area (Å²) in [5.74, 6) is 1.60. The largest absolute Gasteiger partial charge is 0.494 e. The number of nitrogens with zero attached hydrogens (tertiary/aromatic N) is 7. The Bertz CT molecular complexity index is 2160. The van der Waals surface area contributed by atoms with Crippen LogP contribution in [0.1, 0.15) is 66.6 Å². The lowest BCUT2D eigenvalue weighted by Gasteiger charge is -2.42. The van der Waals surface area contributed by atoms with E-state index >= 15 is 0 Å². The topological polar surface area (TPSA) is 133 Å². The van der Waals surface area contributed by atoms with E-state index in [0.717, 1.165) is 42.0 Å². The van der Waals surface area contributed by atoms with Crippen LogP contribution in [0.5, 0.6) is 5.75 Å². The van der Waals surface area contributed by atoms with Gasteiger partial charge in [-0.05, 0) is 78.9 Å². The Morgan fingerprint density at radius 2 is 1.72 bits per heavy atom. The Kier molecular flexibility index (Phi) is 13.9. The summed E-state index contributed by atoms with van der Waals surface area (Å²) < 4.78 is 21.8. The van der Waals surface area contributed by atoms with Crippen LogP contribution in [0.3, 0.4) is 0 Å². The first-order chi connectivity index (χ1) is 27.8. The molecular formula is C43H60N8O5SSi. The molecule has 5 aromatic rings. The van der Waals surface area contributed by atoms with Crippen LogP contribution < -0.4 is 15.0 Å². The summed E-state index contributed by atoms with van der Waals surface area (Å²) in [4.78, 5) is 31.3. The number of thiophene rings is 1. The molecule has 13 nitrogen and oxygen atoms in total. The highest BCUT2D eigenvalue weighted by atomic mass is 32.1. The van der Waals surface area contributed by atoms with Gasteiger partial charge in [-0.15, -0.1) is 11.3 Å². The molecule has 4 heterocycles. The number of aromatic nitrogens is 4. The van der Waals surface area contributed by atoms with Gasteiger partial charge in [-0.3, -0.25) is 10.1 Å². The summed E-state index contributed by atoms with van der Waals surface area (Å²) in [6.45, 7) is 16.2. The third-order valence-corrected chi connectivity index (χ3v) is 18.8. The molecule has 0 bridgehead atoms. The van der Waals surface area contributed by atoms with E-state index in [1.54, 1.807) is 37.8 Å². The van der Waals surface area contributed by atoms with Crippen molar-refractivity contribution >= 4 is 52.8 Å². The van der Waals surface area contributed by atoms with Gasteiger partial charge >= 0.3 is 0 Å². The van der Waals surface area contributed by atoms with Crippen molar-refractivity contribution in [3.05, 3.63) is 70.0 Å². The van der Waals surface area contributed by atoms with Crippen LogP contribution in [0.4, 0.5) is 23.0 Å². The van der Waals surface area contributed by atoms with Gasteiger partial charge in [0.15, 0.2) is 8.32 Å². The van der Waals surface area contributed by atoms with Gasteiger partial charge in [0.25, 0.3) is 5.69 Å². The average molecular weight is 829 g/mol. The number of ether oxygens (including phenoxy) is 2. The van der Waals surface area contributed by atoms with Crippen molar-refractivity contribution in [1.82, 2.24) is 24.4 Å². The zero-order valence-electron chi connectivity index (χ0n) is 35.7. The molecule has 3 aromatic heterocycles. The molecule has 0 aliphatic carbocycles. The first-order valence-electron chi connectivity index (χ1n) is 20.4. The molecule has 1 aliphatic rings. The van der Waals surface area contributed by atoms with Gasteiger partial charge < -0.3 is 33.6 Å². The maximum atomic E-state index is 12.5. The van der Waals surface area contributed by atoms with E-state index in [1.165, 1.54) is 16.2 Å². The Morgan fingerprint density at radius 1 is 1.00 bits per heavy atom. The van der Waals surface area contributed by atoms with Crippen LogP contribution >= 0.6 is 11.3 Å². The highest BCUT2D eigenvalue weighted by molar-refractivity contribution is 7.17. The summed E-state index contributed by atoms with van der Waals surface area (Å²) in [5, 5.41) is 19.0. The molecule has 0 spiro atoms. The number of nitrogens with one attached hydrogen (secondary N) is 1. The number of hydrogen-bond donors (Lipinski definition) is 1. The fourth-order valence-corrected chi connectivity index (χ4v) is 15.3. The van der Waals surface area contributed by atoms with Crippen LogP contribution in [-0.2, 0) is 22.3 Å². The van der Waals surface area contributed by atoms with E-state index in [9.17, 15) is 10.1 Å². The van der Waals surface area contributed by atoms with Crippen LogP contribution in [-0.4, -0.2) is 91.7 Å². The van der Waals surface area contributed by atoms with Gasteiger partial charge in [0.2, 0.25) is 5.95 Å². The van der Waals surface area contributed by atoms with E-state index in [2.05, 4.69) is 110 Å². The predicted molar refractivity (Wildman–Crippen MR) is 238 cm³/mol. The minimum Gasteiger partial charge on any atom is -0.494 e. The highest BCUT2D eigenvalue weighted by Crippen LogP contribution is 2.43. The number of benzene rings is 2. The molecule has 6 rings (SSSR count). The highest BCUT2D eigenvalue weighted by Gasteiger charge is 2.44. The molecule has 1 saturated heterocycles. The Morgan fingerprint density at radius 3 is 2.36 bits per heavy atom. The smallest absolute Gasteiger partial charge is 0.294 e. The fraction of sp³-hybridized carbons (Fsp3) is 0.512. The molecule has 1 fully saturated rings. The summed E-state index contributed by atoms with van der Waals surface area (Å²) >= 11 is 1.69. The number of hydrogen-bond acceptors (Lipinski definition) is 12. The lowest BCUT2D eigenvalue weighted by molar-refractivity contribution is -0.384. The third kappa shape index (κ3) is 8.93. The zero-order valence-corrected chi connectivity index (χ0v) is 37.6. The second-order valence-electron chi connectivity index (χ2n) is 16.4. The maximum absolute atomic E-state index is 12.5. The Balaban J connectivity index is 1.36. The number of imidazole rings is 1. The number of piperidine rings is 1. The molecule has 1 N–H and O–H groups in total. The zero-order chi connectivity index (χ0) is 41.7. The average Bonchev–Trinajstić information content (AvgIpc) is 3.82. The Labute approximate surface area is 348 Å². The number of nitro benzene ring substituents is 1. The number of anilines is 3. The molecule has 1 aliphatic heterocycles. The fourth-order valence-electron chi connectivity index (χ4n) is 9.02. The lowest BCUT2D eigenvalue weighted by Crippen LogP contribution is -2.48. The number of aryl methyl sites for hydroxylation is 1. The Hall–Kier alpha value is -4.41. The normalized spacial score (nSPS) is 14.1. The molecule has 2 aromatic carbocycles. The van der Waals surface area contributed by atoms with Crippen LogP contribution in [0.15, 0.2) is 54.0 Å². The van der Waals surface area contributed by atoms with E-state index in [1.807, 2.05) is 6.07 Å². The van der Waals surface area contributed by atoms with Crippen molar-refractivity contribution in [2.75, 3.05) is 58.2 Å². The van der Waals surface area contributed by atoms with Crippen molar-refractivity contribution in [1.29, 1.82) is 0 Å². The van der Waals surface area contributed by atoms with E-state index < -0.39 is 8.32 Å². The lowest BCUT2D eigenvalue weighted by atomic mass is 10.0. The summed E-state index contributed by atoms with van der Waals surface area (Å²) in [6, 6.07) is 14.1. The predicted octanol–water partition coefficient (Wildman–Crippen LogP) is 10.1. The molecule has 0 radical (unpaired) electrons. The van der Waals surface area contributed by atoms with Crippen LogP contribution in [0.2, 0.25) is 16.6 Å². The second kappa shape index (κ2) is 18.7. The first kappa shape index (κ1) is 43.2. The summed E-state index contributed by atoms with van der Waals surface area (Å²) in [6.07, 6.45) is 5.02. The van der Waals surface area contributed by atoms with Crippen molar-refractivity contribution in [3.8, 4) is 28.4 Å². The van der Waals surface area contributed by atoms with Gasteiger partial charge in [-0.2, -0.15) is 0 Å². The monoisotopic (exact) mass is 828 g/mol. The maximum Gasteiger partial charge on any atom is 0.294 e. The standard InChI is InChI=1S/C43H60N8O5SSi/c1-28(2)58(29(3)4,30(5)6)56-22-11-12-40-47-41(32-14-13-31-18-23-57-39(31)24-32)42(50(40)27-54-9)34-15-19-44-43(45-34)46-35-25-37(51(52)53)36(26-38(35)55-10)49-20-16-33(17-21-49)48(7)8/h13-15,18-19,23-26,28-30,33H,11-12,16-17,20-22,27H2,1-10H3,(H,44,45,46). The van der Waals surface area contributed by atoms with Gasteiger partial charge in [0, 0.05) is 67.9 Å². The van der Waals surface area contributed by atoms with Crippen molar-refractivity contribution in [2.45, 2.75) is 96.6 Å². The van der Waals surface area contributed by atoms with Gasteiger partial charge in [0.05, 0.1) is 34.8 Å². The van der Waals surface area contributed by atoms with Gasteiger partial charge in [-0.1, -0.05) is 53.7 Å². The van der Waals surface area contributed by atoms with Crippen LogP contribution in [0.25, 0.3) is 32.7 Å². The summed E-state index contributed by atoms with van der Waals surface area (Å²) in [7, 11) is 5.38. The molecule has 15 heteroatoms. The number of methoxy groups -OCH3 is 2. The number of nitro groups is 1. The quantitative estimate of drug-likeness (QED) is 0.0392. The number of rotatable bonds is 18. The molecular weight excluding hydrogens is 769 g/mol. The molecule has 0 atom stereocenters. The van der Waals surface area contributed by atoms with E-state index in [-0.39, 0.29) is 23.3 Å². The molecule has 0 unspecified atom stereocenters. The minimum atomic E-state index is -2.02. The SMILES string of the molecule is COCn1c(CCCO[Si](C(C)C)(C(C)C)C(C)C)nc(-c2ccc3ccsc3c2)c1-c1ccnc(Nc2cc([N+](=O)[O-])c(N3CCC(N(C)C)CC3)cc2OC)n1. The van der Waals surface area contributed by atoms with Crippen LogP contribution in [0, 0.1) is 10.1 Å². The van der Waals surface area contributed by atoms with Crippen molar-refractivity contribution < 1.29 is 18.8 Å². The van der Waals surface area contributed by atoms with Gasteiger partial charge in [-0.25, -0.2) is 15.0 Å². The summed E-state index contributed by atoms with van der Waals surface area (Å²) in [5.41, 5.74) is 5.63. The first-order valence-corrected chi connectivity index (χ1v) is 23.4. The van der Waals surface area contributed by atoms with E-state index in [4.69, 9.17) is 23.9 Å².